The Morgan fingerprint density at radius 3 is 2.72 bits per heavy atom. The normalized spacial score (nSPS) is 18.2. The molecule has 3 aromatic rings. The van der Waals surface area contributed by atoms with Crippen molar-refractivity contribution >= 4 is 22.8 Å². The van der Waals surface area contributed by atoms with Gasteiger partial charge in [-0.1, -0.05) is 6.07 Å². The Bertz CT molecular complexity index is 1210. The van der Waals surface area contributed by atoms with Crippen LogP contribution in [0, 0.1) is 0 Å². The number of hydrogen-bond acceptors (Lipinski definition) is 5. The fraction of sp³-hybridized carbons (Fsp3) is 0.417. The molecule has 1 aromatic carbocycles. The van der Waals surface area contributed by atoms with Gasteiger partial charge in [0.2, 0.25) is 0 Å². The average molecular weight is 434 g/mol. The predicted octanol–water partition coefficient (Wildman–Crippen LogP) is 3.19. The van der Waals surface area contributed by atoms with Crippen molar-refractivity contribution in [2.24, 2.45) is 7.05 Å². The first-order valence-electron chi connectivity index (χ1n) is 11.1. The number of fused-ring (bicyclic) bond motifs is 1. The summed E-state index contributed by atoms with van der Waals surface area (Å²) in [5.41, 5.74) is 3.55. The molecule has 2 fully saturated rings. The number of pyridine rings is 1. The third-order valence-electron chi connectivity index (χ3n) is 6.45. The first kappa shape index (κ1) is 20.5. The molecule has 32 heavy (non-hydrogen) atoms. The predicted molar refractivity (Wildman–Crippen MR) is 120 cm³/mol. The molecule has 0 radical (unpaired) electrons. The number of hydrogen-bond donors (Lipinski definition) is 1. The molecule has 1 unspecified atom stereocenters. The number of amides is 2. The second-order valence-corrected chi connectivity index (χ2v) is 8.54. The summed E-state index contributed by atoms with van der Waals surface area (Å²) in [7, 11) is 5.08. The van der Waals surface area contributed by atoms with Gasteiger partial charge in [-0.15, -0.1) is 0 Å². The molecule has 1 N–H and O–H groups in total. The van der Waals surface area contributed by atoms with E-state index in [2.05, 4.69) is 5.32 Å². The minimum absolute atomic E-state index is 0.0609. The molecule has 1 aliphatic heterocycles. The highest BCUT2D eigenvalue weighted by Gasteiger charge is 2.36. The monoisotopic (exact) mass is 433 g/mol. The first-order chi connectivity index (χ1) is 15.5. The van der Waals surface area contributed by atoms with Crippen molar-refractivity contribution in [3.8, 4) is 5.75 Å². The fourth-order valence-electron chi connectivity index (χ4n) is 4.65. The van der Waals surface area contributed by atoms with Gasteiger partial charge in [-0.05, 0) is 49.9 Å². The van der Waals surface area contributed by atoms with E-state index in [0.29, 0.717) is 35.0 Å². The minimum atomic E-state index is -0.214. The molecular formula is C24H27N5O3. The lowest BCUT2D eigenvalue weighted by atomic mass is 10.0. The largest absolute Gasteiger partial charge is 0.497 e. The molecule has 3 heterocycles. The zero-order valence-electron chi connectivity index (χ0n) is 18.6. The summed E-state index contributed by atoms with van der Waals surface area (Å²) in [5, 5.41) is 8.29. The molecule has 2 aromatic heterocycles. The van der Waals surface area contributed by atoms with Crippen LogP contribution in [-0.2, 0) is 7.05 Å². The second-order valence-electron chi connectivity index (χ2n) is 8.54. The summed E-state index contributed by atoms with van der Waals surface area (Å²) in [5.74, 6) is 0.846. The smallest absolute Gasteiger partial charge is 0.254 e. The van der Waals surface area contributed by atoms with Crippen LogP contribution in [0.25, 0.3) is 11.0 Å². The summed E-state index contributed by atoms with van der Waals surface area (Å²) in [6.07, 6.45) is 3.87. The first-order valence-corrected chi connectivity index (χ1v) is 11.1. The number of carbonyl (C=O) groups excluding carboxylic acids is 2. The van der Waals surface area contributed by atoms with Crippen molar-refractivity contribution in [2.45, 2.75) is 37.6 Å². The van der Waals surface area contributed by atoms with E-state index < -0.39 is 0 Å². The zero-order valence-corrected chi connectivity index (χ0v) is 18.6. The number of carbonyl (C=O) groups is 2. The Kier molecular flexibility index (Phi) is 5.07. The number of methoxy groups -OCH3 is 1. The summed E-state index contributed by atoms with van der Waals surface area (Å²) >= 11 is 0. The maximum Gasteiger partial charge on any atom is 0.254 e. The van der Waals surface area contributed by atoms with E-state index in [0.717, 1.165) is 42.5 Å². The second kappa shape index (κ2) is 7.93. The zero-order chi connectivity index (χ0) is 22.4. The molecule has 8 heteroatoms. The van der Waals surface area contributed by atoms with Gasteiger partial charge >= 0.3 is 0 Å². The number of benzene rings is 1. The van der Waals surface area contributed by atoms with Crippen LogP contribution in [0.4, 0.5) is 0 Å². The van der Waals surface area contributed by atoms with Crippen molar-refractivity contribution in [1.29, 1.82) is 0 Å². The lowest BCUT2D eigenvalue weighted by molar-refractivity contribution is 0.0733. The van der Waals surface area contributed by atoms with Crippen molar-refractivity contribution in [1.82, 2.24) is 25.0 Å². The van der Waals surface area contributed by atoms with Crippen LogP contribution >= 0.6 is 0 Å². The Labute approximate surface area is 186 Å². The van der Waals surface area contributed by atoms with E-state index in [1.165, 1.54) is 0 Å². The SMILES string of the molecule is CNC(=O)c1cc(C2CC2)nc2c1c(C1CCCN1C(=O)c1cccc(OC)c1)nn2C. The van der Waals surface area contributed by atoms with Gasteiger partial charge in [0.1, 0.15) is 5.75 Å². The van der Waals surface area contributed by atoms with Crippen LogP contribution in [0.2, 0.25) is 0 Å². The van der Waals surface area contributed by atoms with Gasteiger partial charge in [0.15, 0.2) is 5.65 Å². The molecule has 166 valence electrons. The van der Waals surface area contributed by atoms with Crippen LogP contribution in [0.5, 0.6) is 5.75 Å². The number of aromatic nitrogens is 3. The standard InChI is InChI=1S/C24H27N5O3/c1-25-23(30)17-13-18(14-9-10-14)26-22-20(17)21(27-28(22)2)19-8-5-11-29(19)24(31)15-6-4-7-16(12-15)32-3/h4,6-7,12-14,19H,5,8-11H2,1-3H3,(H,25,30). The van der Waals surface area contributed by atoms with E-state index in [1.54, 1.807) is 31.0 Å². The maximum absolute atomic E-state index is 13.4. The molecule has 2 aliphatic rings. The molecule has 1 saturated carbocycles. The molecule has 1 atom stereocenters. The molecular weight excluding hydrogens is 406 g/mol. The third-order valence-corrected chi connectivity index (χ3v) is 6.45. The number of aryl methyl sites for hydroxylation is 1. The van der Waals surface area contributed by atoms with Crippen molar-refractivity contribution in [2.75, 3.05) is 20.7 Å². The minimum Gasteiger partial charge on any atom is -0.497 e. The molecule has 0 bridgehead atoms. The van der Waals surface area contributed by atoms with Gasteiger partial charge in [0.05, 0.1) is 29.8 Å². The van der Waals surface area contributed by atoms with Crippen molar-refractivity contribution < 1.29 is 14.3 Å². The van der Waals surface area contributed by atoms with Crippen LogP contribution in [0.1, 0.15) is 69.7 Å². The van der Waals surface area contributed by atoms with Gasteiger partial charge in [-0.25, -0.2) is 4.98 Å². The highest BCUT2D eigenvalue weighted by atomic mass is 16.5. The molecule has 8 nitrogen and oxygen atoms in total. The summed E-state index contributed by atoms with van der Waals surface area (Å²) in [6.45, 7) is 0.641. The van der Waals surface area contributed by atoms with Crippen molar-refractivity contribution in [3.05, 3.63) is 52.8 Å². The lowest BCUT2D eigenvalue weighted by Crippen LogP contribution is -2.31. The Balaban J connectivity index is 1.60. The number of nitrogens with one attached hydrogen (secondary N) is 1. The van der Waals surface area contributed by atoms with E-state index in [-0.39, 0.29) is 17.9 Å². The topological polar surface area (TPSA) is 89.3 Å². The molecule has 2 amide bonds. The van der Waals surface area contributed by atoms with Crippen LogP contribution in [0.3, 0.4) is 0 Å². The van der Waals surface area contributed by atoms with E-state index in [9.17, 15) is 9.59 Å². The summed E-state index contributed by atoms with van der Waals surface area (Å²) in [6, 6.07) is 8.90. The van der Waals surface area contributed by atoms with E-state index >= 15 is 0 Å². The number of ether oxygens (including phenoxy) is 1. The van der Waals surface area contributed by atoms with Gasteiger partial charge in [0, 0.05) is 37.8 Å². The van der Waals surface area contributed by atoms with Gasteiger partial charge in [-0.3, -0.25) is 14.3 Å². The number of likely N-dealkylation sites (tertiary alicyclic amines) is 1. The average Bonchev–Trinajstić information content (AvgIpc) is 3.48. The quantitative estimate of drug-likeness (QED) is 0.668. The third kappa shape index (κ3) is 3.39. The number of nitrogens with zero attached hydrogens (tertiary/aromatic N) is 4. The van der Waals surface area contributed by atoms with Gasteiger partial charge in [0.25, 0.3) is 11.8 Å². The van der Waals surface area contributed by atoms with Crippen molar-refractivity contribution in [3.63, 3.8) is 0 Å². The number of rotatable bonds is 5. The summed E-state index contributed by atoms with van der Waals surface area (Å²) in [4.78, 5) is 33.0. The van der Waals surface area contributed by atoms with E-state index in [1.807, 2.05) is 30.1 Å². The maximum atomic E-state index is 13.4. The summed E-state index contributed by atoms with van der Waals surface area (Å²) < 4.78 is 7.04. The molecule has 1 aliphatic carbocycles. The Morgan fingerprint density at radius 2 is 2.00 bits per heavy atom. The highest BCUT2D eigenvalue weighted by Crippen LogP contribution is 2.42. The lowest BCUT2D eigenvalue weighted by Gasteiger charge is -2.24. The van der Waals surface area contributed by atoms with Crippen LogP contribution in [-0.4, -0.2) is 52.2 Å². The van der Waals surface area contributed by atoms with Gasteiger partial charge in [-0.2, -0.15) is 5.10 Å². The Morgan fingerprint density at radius 1 is 1.19 bits per heavy atom. The van der Waals surface area contributed by atoms with E-state index in [4.69, 9.17) is 14.8 Å². The Hall–Kier alpha value is -3.42. The van der Waals surface area contributed by atoms with Gasteiger partial charge < -0.3 is 15.0 Å². The van der Waals surface area contributed by atoms with Crippen LogP contribution in [0.15, 0.2) is 30.3 Å². The fourth-order valence-corrected chi connectivity index (χ4v) is 4.65. The molecule has 5 rings (SSSR count). The highest BCUT2D eigenvalue weighted by molar-refractivity contribution is 6.07. The molecule has 0 spiro atoms. The van der Waals surface area contributed by atoms with Crippen LogP contribution < -0.4 is 10.1 Å². The molecule has 1 saturated heterocycles.